The Morgan fingerprint density at radius 3 is 2.58 bits per heavy atom. The van der Waals surface area contributed by atoms with Crippen molar-refractivity contribution in [3.8, 4) is 0 Å². The van der Waals surface area contributed by atoms with Gasteiger partial charge in [0, 0.05) is 10.2 Å². The van der Waals surface area contributed by atoms with Crippen molar-refractivity contribution < 1.29 is 27.1 Å². The number of halogens is 2. The van der Waals surface area contributed by atoms with E-state index in [1.807, 2.05) is 0 Å². The van der Waals surface area contributed by atoms with Crippen LogP contribution in [0.3, 0.4) is 0 Å². The smallest absolute Gasteiger partial charge is 0.340 e. The van der Waals surface area contributed by atoms with Gasteiger partial charge in [0.2, 0.25) is 10.0 Å². The summed E-state index contributed by atoms with van der Waals surface area (Å²) in [7, 11) is -3.92. The average Bonchev–Trinajstić information content (AvgIpc) is 2.56. The van der Waals surface area contributed by atoms with Crippen LogP contribution in [0.2, 0.25) is 0 Å². The summed E-state index contributed by atoms with van der Waals surface area (Å²) in [6.07, 6.45) is -1.21. The van der Waals surface area contributed by atoms with Gasteiger partial charge in [-0.15, -0.1) is 0 Å². The van der Waals surface area contributed by atoms with Crippen LogP contribution in [0.4, 0.5) is 10.1 Å². The maximum Gasteiger partial charge on any atom is 0.340 e. The molecule has 1 unspecified atom stereocenters. The predicted octanol–water partition coefficient (Wildman–Crippen LogP) is 2.42. The van der Waals surface area contributed by atoms with Crippen LogP contribution in [0.25, 0.3) is 0 Å². The minimum Gasteiger partial charge on any atom is -0.449 e. The monoisotopic (exact) mass is 444 g/mol. The quantitative estimate of drug-likeness (QED) is 0.686. The van der Waals surface area contributed by atoms with E-state index in [1.54, 1.807) is 0 Å². The zero-order valence-corrected chi connectivity index (χ0v) is 15.8. The van der Waals surface area contributed by atoms with E-state index in [2.05, 4.69) is 21.2 Å². The first kappa shape index (κ1) is 20.0. The van der Waals surface area contributed by atoms with E-state index in [4.69, 9.17) is 9.88 Å². The summed E-state index contributed by atoms with van der Waals surface area (Å²) < 4.78 is 41.2. The van der Waals surface area contributed by atoms with Crippen LogP contribution in [-0.4, -0.2) is 26.4 Å². The van der Waals surface area contributed by atoms with Crippen molar-refractivity contribution in [2.45, 2.75) is 17.9 Å². The highest BCUT2D eigenvalue weighted by atomic mass is 79.9. The minimum atomic E-state index is -3.92. The minimum absolute atomic E-state index is 0.0686. The summed E-state index contributed by atoms with van der Waals surface area (Å²) in [6.45, 7) is 1.32. The van der Waals surface area contributed by atoms with Gasteiger partial charge in [-0.05, 0) is 59.3 Å². The fourth-order valence-electron chi connectivity index (χ4n) is 1.93. The standard InChI is InChI=1S/C16H14BrFN2O5S/c1-9(25-16(22)13-7-10(18)5-6-14(13)17)15(21)20-11-3-2-4-12(8-11)26(19,23)24/h2-9H,1H3,(H,20,21)(H2,19,23,24). The van der Waals surface area contributed by atoms with Crippen molar-refractivity contribution in [2.75, 3.05) is 5.32 Å². The number of hydrogen-bond acceptors (Lipinski definition) is 5. The van der Waals surface area contributed by atoms with Gasteiger partial charge in [-0.2, -0.15) is 0 Å². The van der Waals surface area contributed by atoms with E-state index in [9.17, 15) is 22.4 Å². The Hall–Kier alpha value is -2.30. The van der Waals surface area contributed by atoms with Gasteiger partial charge in [0.15, 0.2) is 6.10 Å². The zero-order valence-electron chi connectivity index (χ0n) is 13.4. The third-order valence-electron chi connectivity index (χ3n) is 3.23. The summed E-state index contributed by atoms with van der Waals surface area (Å²) in [6, 6.07) is 8.78. The van der Waals surface area contributed by atoms with Gasteiger partial charge >= 0.3 is 5.97 Å². The maximum absolute atomic E-state index is 13.3. The SMILES string of the molecule is CC(OC(=O)c1cc(F)ccc1Br)C(=O)Nc1cccc(S(N)(=O)=O)c1. The van der Waals surface area contributed by atoms with Crippen LogP contribution in [-0.2, 0) is 19.6 Å². The molecule has 1 atom stereocenters. The first-order chi connectivity index (χ1) is 12.1. The largest absolute Gasteiger partial charge is 0.449 e. The predicted molar refractivity (Wildman–Crippen MR) is 95.4 cm³/mol. The molecular formula is C16H14BrFN2O5S. The van der Waals surface area contributed by atoms with Crippen molar-refractivity contribution in [3.05, 3.63) is 58.3 Å². The molecule has 0 fully saturated rings. The van der Waals surface area contributed by atoms with E-state index in [0.29, 0.717) is 4.47 Å². The van der Waals surface area contributed by atoms with Crippen LogP contribution in [0.15, 0.2) is 51.8 Å². The van der Waals surface area contributed by atoms with E-state index < -0.39 is 33.8 Å². The second kappa shape index (κ2) is 7.94. The Balaban J connectivity index is 2.08. The molecule has 3 N–H and O–H groups in total. The molecule has 2 rings (SSSR count). The van der Waals surface area contributed by atoms with E-state index in [0.717, 1.165) is 12.1 Å². The van der Waals surface area contributed by atoms with Gasteiger partial charge in [0.05, 0.1) is 10.5 Å². The number of nitrogens with one attached hydrogen (secondary N) is 1. The molecule has 0 aromatic heterocycles. The number of anilines is 1. The molecule has 138 valence electrons. The molecular weight excluding hydrogens is 431 g/mol. The molecule has 7 nitrogen and oxygen atoms in total. The molecule has 0 spiro atoms. The number of esters is 1. The highest BCUT2D eigenvalue weighted by Crippen LogP contribution is 2.20. The maximum atomic E-state index is 13.3. The third kappa shape index (κ3) is 5.10. The first-order valence-corrected chi connectivity index (χ1v) is 9.51. The fourth-order valence-corrected chi connectivity index (χ4v) is 2.89. The number of rotatable bonds is 5. The summed E-state index contributed by atoms with van der Waals surface area (Å²) in [5, 5.41) is 7.44. The summed E-state index contributed by atoms with van der Waals surface area (Å²) in [5.74, 6) is -2.22. The van der Waals surface area contributed by atoms with Crippen molar-refractivity contribution in [2.24, 2.45) is 5.14 Å². The number of primary sulfonamides is 1. The molecule has 0 aliphatic carbocycles. The van der Waals surface area contributed by atoms with E-state index >= 15 is 0 Å². The molecule has 0 saturated heterocycles. The number of ether oxygens (including phenoxy) is 1. The van der Waals surface area contributed by atoms with Gasteiger partial charge in [-0.3, -0.25) is 4.79 Å². The second-order valence-electron chi connectivity index (χ2n) is 5.23. The summed E-state index contributed by atoms with van der Waals surface area (Å²) >= 11 is 3.10. The molecule has 0 radical (unpaired) electrons. The second-order valence-corrected chi connectivity index (χ2v) is 7.65. The Morgan fingerprint density at radius 1 is 1.23 bits per heavy atom. The topological polar surface area (TPSA) is 116 Å². The molecule has 26 heavy (non-hydrogen) atoms. The molecule has 2 aromatic carbocycles. The van der Waals surface area contributed by atoms with Gasteiger partial charge in [0.1, 0.15) is 5.82 Å². The lowest BCUT2D eigenvalue weighted by Crippen LogP contribution is -2.30. The number of nitrogens with two attached hydrogens (primary N) is 1. The Morgan fingerprint density at radius 2 is 1.92 bits per heavy atom. The van der Waals surface area contributed by atoms with Crippen LogP contribution >= 0.6 is 15.9 Å². The lowest BCUT2D eigenvalue weighted by molar-refractivity contribution is -0.123. The van der Waals surface area contributed by atoms with Crippen molar-refractivity contribution >= 4 is 43.5 Å². The summed E-state index contributed by atoms with van der Waals surface area (Å²) in [4.78, 5) is 24.0. The Kier molecular flexibility index (Phi) is 6.11. The van der Waals surface area contributed by atoms with Gasteiger partial charge < -0.3 is 10.1 Å². The molecule has 0 heterocycles. The number of carbonyl (C=O) groups excluding carboxylic acids is 2. The molecule has 1 amide bonds. The lowest BCUT2D eigenvalue weighted by atomic mass is 10.2. The zero-order chi connectivity index (χ0) is 19.5. The normalized spacial score (nSPS) is 12.3. The van der Waals surface area contributed by atoms with Gasteiger partial charge in [-0.25, -0.2) is 22.7 Å². The van der Waals surface area contributed by atoms with E-state index in [-0.39, 0.29) is 16.1 Å². The van der Waals surface area contributed by atoms with Crippen LogP contribution < -0.4 is 10.5 Å². The van der Waals surface area contributed by atoms with Gasteiger partial charge in [-0.1, -0.05) is 6.07 Å². The first-order valence-electron chi connectivity index (χ1n) is 7.17. The Labute approximate surface area is 157 Å². The third-order valence-corrected chi connectivity index (χ3v) is 4.83. The Bertz CT molecular complexity index is 965. The number of amides is 1. The number of benzene rings is 2. The molecule has 2 aromatic rings. The van der Waals surface area contributed by atoms with Gasteiger partial charge in [0.25, 0.3) is 5.91 Å². The van der Waals surface area contributed by atoms with Crippen molar-refractivity contribution in [1.29, 1.82) is 0 Å². The molecule has 0 saturated carbocycles. The molecule has 10 heteroatoms. The summed E-state index contributed by atoms with van der Waals surface area (Å²) in [5.41, 5.74) is 0.0947. The average molecular weight is 445 g/mol. The molecule has 0 aliphatic heterocycles. The fraction of sp³-hybridized carbons (Fsp3) is 0.125. The highest BCUT2D eigenvalue weighted by Gasteiger charge is 2.21. The highest BCUT2D eigenvalue weighted by molar-refractivity contribution is 9.10. The molecule has 0 aliphatic rings. The van der Waals surface area contributed by atoms with Crippen molar-refractivity contribution in [1.82, 2.24) is 0 Å². The number of carbonyl (C=O) groups is 2. The van der Waals surface area contributed by atoms with Crippen LogP contribution in [0.1, 0.15) is 17.3 Å². The number of sulfonamides is 1. The van der Waals surface area contributed by atoms with Crippen LogP contribution in [0.5, 0.6) is 0 Å². The number of hydrogen-bond donors (Lipinski definition) is 2. The van der Waals surface area contributed by atoms with Crippen molar-refractivity contribution in [3.63, 3.8) is 0 Å². The van der Waals surface area contributed by atoms with E-state index in [1.165, 1.54) is 37.3 Å². The van der Waals surface area contributed by atoms with Crippen LogP contribution in [0, 0.1) is 5.82 Å². The lowest BCUT2D eigenvalue weighted by Gasteiger charge is -2.14. The molecule has 0 bridgehead atoms.